The van der Waals surface area contributed by atoms with Crippen molar-refractivity contribution in [2.75, 3.05) is 21.3 Å². The molecular weight excluding hydrogens is 398 g/mol. The molecule has 1 N–H and O–H groups in total. The van der Waals surface area contributed by atoms with Crippen molar-refractivity contribution in [1.82, 2.24) is 5.32 Å². The molecule has 0 heterocycles. The number of hydrogen-bond donors (Lipinski definition) is 1. The molecule has 1 unspecified atom stereocenters. The van der Waals surface area contributed by atoms with Gasteiger partial charge in [-0.25, -0.2) is 0 Å². The highest BCUT2D eigenvalue weighted by molar-refractivity contribution is 9.11. The van der Waals surface area contributed by atoms with Crippen LogP contribution >= 0.6 is 31.9 Å². The molecule has 5 heteroatoms. The van der Waals surface area contributed by atoms with Gasteiger partial charge >= 0.3 is 0 Å². The molecule has 112 valence electrons. The minimum Gasteiger partial charge on any atom is -0.497 e. The molecule has 0 radical (unpaired) electrons. The second-order valence-electron chi connectivity index (χ2n) is 4.53. The van der Waals surface area contributed by atoms with E-state index in [0.29, 0.717) is 0 Å². The van der Waals surface area contributed by atoms with Crippen molar-refractivity contribution in [2.24, 2.45) is 0 Å². The number of ether oxygens (including phenoxy) is 2. The molecule has 21 heavy (non-hydrogen) atoms. The van der Waals surface area contributed by atoms with E-state index < -0.39 is 0 Å². The Morgan fingerprint density at radius 2 is 1.62 bits per heavy atom. The lowest BCUT2D eigenvalue weighted by Gasteiger charge is -2.21. The number of nitrogens with one attached hydrogen (secondary N) is 1. The minimum absolute atomic E-state index is 0.00356. The summed E-state index contributed by atoms with van der Waals surface area (Å²) in [5.74, 6) is 1.63. The van der Waals surface area contributed by atoms with Gasteiger partial charge in [-0.2, -0.15) is 0 Å². The van der Waals surface area contributed by atoms with Gasteiger partial charge in [0.05, 0.1) is 20.3 Å². The van der Waals surface area contributed by atoms with E-state index in [-0.39, 0.29) is 6.04 Å². The smallest absolute Gasteiger partial charge is 0.124 e. The maximum atomic E-state index is 5.49. The van der Waals surface area contributed by atoms with Crippen LogP contribution in [0.5, 0.6) is 11.5 Å². The standard InChI is InChI=1S/C16H17Br2NO2/c1-19-16(10-6-11(17)8-12(18)7-10)14-9-13(20-2)4-5-15(14)21-3/h4-9,16,19H,1-3H3. The number of rotatable bonds is 5. The van der Waals surface area contributed by atoms with Crippen LogP contribution in [0.2, 0.25) is 0 Å². The molecule has 3 nitrogen and oxygen atoms in total. The number of halogens is 2. The summed E-state index contributed by atoms with van der Waals surface area (Å²) >= 11 is 7.07. The average Bonchev–Trinajstić information content (AvgIpc) is 2.47. The lowest BCUT2D eigenvalue weighted by Crippen LogP contribution is -2.18. The lowest BCUT2D eigenvalue weighted by atomic mass is 9.97. The molecule has 0 saturated heterocycles. The van der Waals surface area contributed by atoms with Crippen LogP contribution in [0, 0.1) is 0 Å². The van der Waals surface area contributed by atoms with Gasteiger partial charge in [-0.15, -0.1) is 0 Å². The Kier molecular flexibility index (Phi) is 5.67. The van der Waals surface area contributed by atoms with Gasteiger partial charge in [-0.1, -0.05) is 31.9 Å². The van der Waals surface area contributed by atoms with Gasteiger partial charge in [0, 0.05) is 14.5 Å². The molecule has 0 bridgehead atoms. The highest BCUT2D eigenvalue weighted by atomic mass is 79.9. The fourth-order valence-corrected chi connectivity index (χ4v) is 3.64. The number of methoxy groups -OCH3 is 2. The van der Waals surface area contributed by atoms with Gasteiger partial charge in [0.2, 0.25) is 0 Å². The van der Waals surface area contributed by atoms with Gasteiger partial charge in [0.1, 0.15) is 11.5 Å². The molecule has 0 spiro atoms. The summed E-state index contributed by atoms with van der Waals surface area (Å²) in [4.78, 5) is 0. The van der Waals surface area contributed by atoms with Crippen molar-refractivity contribution in [2.45, 2.75) is 6.04 Å². The van der Waals surface area contributed by atoms with E-state index in [4.69, 9.17) is 9.47 Å². The van der Waals surface area contributed by atoms with Crippen molar-refractivity contribution < 1.29 is 9.47 Å². The van der Waals surface area contributed by atoms with Crippen molar-refractivity contribution in [3.63, 3.8) is 0 Å². The molecule has 0 aliphatic rings. The van der Waals surface area contributed by atoms with E-state index >= 15 is 0 Å². The zero-order valence-corrected chi connectivity index (χ0v) is 15.3. The molecule has 2 aromatic rings. The summed E-state index contributed by atoms with van der Waals surface area (Å²) in [5.41, 5.74) is 2.16. The van der Waals surface area contributed by atoms with Crippen LogP contribution in [0.15, 0.2) is 45.3 Å². The Hall–Kier alpha value is -1.04. The number of benzene rings is 2. The topological polar surface area (TPSA) is 30.5 Å². The van der Waals surface area contributed by atoms with Crippen molar-refractivity contribution in [3.05, 3.63) is 56.5 Å². The zero-order chi connectivity index (χ0) is 15.4. The summed E-state index contributed by atoms with van der Waals surface area (Å²) in [5, 5.41) is 3.34. The average molecular weight is 415 g/mol. The zero-order valence-electron chi connectivity index (χ0n) is 12.1. The lowest BCUT2D eigenvalue weighted by molar-refractivity contribution is 0.395. The normalized spacial score (nSPS) is 12.0. The second kappa shape index (κ2) is 7.29. The molecule has 0 aromatic heterocycles. The van der Waals surface area contributed by atoms with Gasteiger partial charge in [-0.05, 0) is 49.0 Å². The summed E-state index contributed by atoms with van der Waals surface area (Å²) in [6.45, 7) is 0. The third-order valence-electron chi connectivity index (χ3n) is 3.25. The molecule has 2 aromatic carbocycles. The van der Waals surface area contributed by atoms with Crippen LogP contribution in [0.25, 0.3) is 0 Å². The summed E-state index contributed by atoms with van der Waals surface area (Å²) < 4.78 is 12.9. The number of hydrogen-bond acceptors (Lipinski definition) is 3. The van der Waals surface area contributed by atoms with Crippen LogP contribution in [0.3, 0.4) is 0 Å². The Morgan fingerprint density at radius 3 is 2.14 bits per heavy atom. The largest absolute Gasteiger partial charge is 0.497 e. The van der Waals surface area contributed by atoms with E-state index in [0.717, 1.165) is 31.6 Å². The first-order valence-electron chi connectivity index (χ1n) is 6.44. The predicted octanol–water partition coefficient (Wildman–Crippen LogP) is 4.54. The van der Waals surface area contributed by atoms with Gasteiger partial charge in [-0.3, -0.25) is 0 Å². The van der Waals surface area contributed by atoms with Crippen LogP contribution in [-0.4, -0.2) is 21.3 Å². The molecule has 0 aliphatic heterocycles. The summed E-state index contributed by atoms with van der Waals surface area (Å²) in [7, 11) is 5.27. The first-order valence-corrected chi connectivity index (χ1v) is 8.02. The quantitative estimate of drug-likeness (QED) is 0.779. The molecule has 0 saturated carbocycles. The monoisotopic (exact) mass is 413 g/mol. The van der Waals surface area contributed by atoms with Crippen molar-refractivity contribution in [1.29, 1.82) is 0 Å². The maximum Gasteiger partial charge on any atom is 0.124 e. The summed E-state index contributed by atoms with van der Waals surface area (Å²) in [6.07, 6.45) is 0. The SMILES string of the molecule is CNC(c1cc(Br)cc(Br)c1)c1cc(OC)ccc1OC. The third kappa shape index (κ3) is 3.78. The Bertz CT molecular complexity index is 611. The molecule has 0 fully saturated rings. The third-order valence-corrected chi connectivity index (χ3v) is 4.17. The minimum atomic E-state index is 0.00356. The Balaban J connectivity index is 2.54. The van der Waals surface area contributed by atoms with E-state index in [9.17, 15) is 0 Å². The van der Waals surface area contributed by atoms with Gasteiger partial charge < -0.3 is 14.8 Å². The van der Waals surface area contributed by atoms with Crippen molar-refractivity contribution >= 4 is 31.9 Å². The van der Waals surface area contributed by atoms with Crippen LogP contribution in [0.4, 0.5) is 0 Å². The Labute approximate surface area is 141 Å². The molecule has 1 atom stereocenters. The highest BCUT2D eigenvalue weighted by Crippen LogP contribution is 2.35. The van der Waals surface area contributed by atoms with Crippen molar-refractivity contribution in [3.8, 4) is 11.5 Å². The van der Waals surface area contributed by atoms with Crippen LogP contribution in [-0.2, 0) is 0 Å². The second-order valence-corrected chi connectivity index (χ2v) is 6.36. The van der Waals surface area contributed by atoms with E-state index in [1.165, 1.54) is 0 Å². The van der Waals surface area contributed by atoms with E-state index in [1.807, 2.05) is 31.3 Å². The van der Waals surface area contributed by atoms with Crippen LogP contribution in [0.1, 0.15) is 17.2 Å². The molecular formula is C16H17Br2NO2. The van der Waals surface area contributed by atoms with E-state index in [2.05, 4.69) is 49.3 Å². The fourth-order valence-electron chi connectivity index (χ4n) is 2.31. The van der Waals surface area contributed by atoms with Gasteiger partial charge in [0.15, 0.2) is 0 Å². The molecule has 0 amide bonds. The first-order chi connectivity index (χ1) is 10.1. The van der Waals surface area contributed by atoms with Crippen LogP contribution < -0.4 is 14.8 Å². The predicted molar refractivity (Wildman–Crippen MR) is 92.3 cm³/mol. The highest BCUT2D eigenvalue weighted by Gasteiger charge is 2.18. The maximum absolute atomic E-state index is 5.49. The molecule has 2 rings (SSSR count). The molecule has 0 aliphatic carbocycles. The Morgan fingerprint density at radius 1 is 0.952 bits per heavy atom. The van der Waals surface area contributed by atoms with Gasteiger partial charge in [0.25, 0.3) is 0 Å². The van der Waals surface area contributed by atoms with E-state index in [1.54, 1.807) is 14.2 Å². The fraction of sp³-hybridized carbons (Fsp3) is 0.250. The first kappa shape index (κ1) is 16.3. The summed E-state index contributed by atoms with van der Waals surface area (Å²) in [6, 6.07) is 12.0.